The van der Waals surface area contributed by atoms with E-state index < -0.39 is 0 Å². The van der Waals surface area contributed by atoms with Gasteiger partial charge in [-0.1, -0.05) is 82.7 Å². The Labute approximate surface area is 147 Å². The van der Waals surface area contributed by atoms with Crippen molar-refractivity contribution in [3.05, 3.63) is 28.5 Å². The van der Waals surface area contributed by atoms with E-state index in [2.05, 4.69) is 11.9 Å². The third-order valence-electron chi connectivity index (χ3n) is 4.35. The monoisotopic (exact) mass is 337 g/mol. The van der Waals surface area contributed by atoms with Crippen LogP contribution in [0.3, 0.4) is 0 Å². The van der Waals surface area contributed by atoms with Crippen molar-refractivity contribution < 1.29 is 4.79 Å². The van der Waals surface area contributed by atoms with Crippen molar-refractivity contribution in [1.29, 1.82) is 0 Å². The highest BCUT2D eigenvalue weighted by Crippen LogP contribution is 2.20. The van der Waals surface area contributed by atoms with Gasteiger partial charge in [0.15, 0.2) is 5.78 Å². The highest BCUT2D eigenvalue weighted by atomic mass is 35.5. The Morgan fingerprint density at radius 2 is 1.48 bits per heavy atom. The summed E-state index contributed by atoms with van der Waals surface area (Å²) in [7, 11) is 0. The molecular weight excluding hydrogens is 306 g/mol. The molecule has 0 aromatic carbocycles. The van der Waals surface area contributed by atoms with Crippen LogP contribution >= 0.6 is 11.6 Å². The van der Waals surface area contributed by atoms with Gasteiger partial charge in [-0.15, -0.1) is 0 Å². The second-order valence-electron chi connectivity index (χ2n) is 6.50. The number of halogens is 1. The lowest BCUT2D eigenvalue weighted by Gasteiger charge is -2.05. The Balaban J connectivity index is 2.03. The molecule has 0 aliphatic heterocycles. The summed E-state index contributed by atoms with van der Waals surface area (Å²) in [6, 6.07) is 1.83. The van der Waals surface area contributed by atoms with Crippen LogP contribution in [0.25, 0.3) is 0 Å². The largest absolute Gasteiger partial charge is 0.292 e. The molecule has 0 atom stereocenters. The molecule has 0 spiro atoms. The van der Waals surface area contributed by atoms with E-state index in [1.54, 1.807) is 6.20 Å². The third-order valence-corrected chi connectivity index (χ3v) is 4.83. The number of carbonyl (C=O) groups is 1. The van der Waals surface area contributed by atoms with Gasteiger partial charge in [0.2, 0.25) is 0 Å². The van der Waals surface area contributed by atoms with E-state index >= 15 is 0 Å². The lowest BCUT2D eigenvalue weighted by Crippen LogP contribution is -2.04. The molecule has 0 fully saturated rings. The van der Waals surface area contributed by atoms with Crippen LogP contribution in [0.1, 0.15) is 100 Å². The molecule has 1 rings (SSSR count). The summed E-state index contributed by atoms with van der Waals surface area (Å²) < 4.78 is 0. The van der Waals surface area contributed by atoms with Gasteiger partial charge in [-0.3, -0.25) is 9.78 Å². The first-order valence-electron chi connectivity index (χ1n) is 9.31. The molecule has 0 aliphatic carbocycles. The highest BCUT2D eigenvalue weighted by Gasteiger charge is 2.12. The molecule has 0 amide bonds. The molecule has 0 radical (unpaired) electrons. The molecule has 0 bridgehead atoms. The number of nitrogens with zero attached hydrogens (tertiary/aromatic N) is 1. The molecule has 0 saturated heterocycles. The van der Waals surface area contributed by atoms with Crippen LogP contribution < -0.4 is 0 Å². The molecule has 2 nitrogen and oxygen atoms in total. The van der Waals surface area contributed by atoms with Gasteiger partial charge in [-0.05, 0) is 25.0 Å². The van der Waals surface area contributed by atoms with E-state index in [0.29, 0.717) is 17.1 Å². The second-order valence-corrected chi connectivity index (χ2v) is 6.88. The van der Waals surface area contributed by atoms with Crippen molar-refractivity contribution in [1.82, 2.24) is 4.98 Å². The SMILES string of the molecule is CCCCCCCCCCCCCC(=O)c1nccc(C)c1Cl. The van der Waals surface area contributed by atoms with Crippen LogP contribution in [0.15, 0.2) is 12.3 Å². The fourth-order valence-corrected chi connectivity index (χ4v) is 3.02. The maximum atomic E-state index is 12.1. The van der Waals surface area contributed by atoms with Crippen LogP contribution in [-0.2, 0) is 0 Å². The number of aryl methyl sites for hydroxylation is 1. The lowest BCUT2D eigenvalue weighted by molar-refractivity contribution is 0.0974. The fourth-order valence-electron chi connectivity index (χ4n) is 2.80. The first kappa shape index (κ1) is 20.2. The standard InChI is InChI=1S/C20H32ClNO/c1-3-4-5-6-7-8-9-10-11-12-13-14-18(23)20-19(21)17(2)15-16-22-20/h15-16H,3-14H2,1-2H3. The summed E-state index contributed by atoms with van der Waals surface area (Å²) in [5.74, 6) is 0.0784. The van der Waals surface area contributed by atoms with Crippen molar-refractivity contribution in [2.24, 2.45) is 0 Å². The summed E-state index contributed by atoms with van der Waals surface area (Å²) in [5.41, 5.74) is 1.36. The van der Waals surface area contributed by atoms with E-state index in [1.807, 2.05) is 13.0 Å². The number of hydrogen-bond donors (Lipinski definition) is 0. The minimum atomic E-state index is 0.0784. The number of rotatable bonds is 13. The van der Waals surface area contributed by atoms with Crippen LogP contribution in [0, 0.1) is 6.92 Å². The van der Waals surface area contributed by atoms with Crippen molar-refractivity contribution in [3.8, 4) is 0 Å². The molecule has 1 aromatic heterocycles. The van der Waals surface area contributed by atoms with Crippen LogP contribution in [0.4, 0.5) is 0 Å². The predicted octanol–water partition coefficient (Wildman–Crippen LogP) is 6.93. The highest BCUT2D eigenvalue weighted by molar-refractivity contribution is 6.34. The Bertz CT molecular complexity index is 459. The molecule has 0 unspecified atom stereocenters. The molecule has 1 heterocycles. The van der Waals surface area contributed by atoms with Gasteiger partial charge in [-0.25, -0.2) is 0 Å². The first-order chi connectivity index (χ1) is 11.2. The normalized spacial score (nSPS) is 10.9. The van der Waals surface area contributed by atoms with Crippen LogP contribution in [0.2, 0.25) is 5.02 Å². The predicted molar refractivity (Wildman–Crippen MR) is 99.4 cm³/mol. The first-order valence-corrected chi connectivity index (χ1v) is 9.69. The fraction of sp³-hybridized carbons (Fsp3) is 0.700. The minimum absolute atomic E-state index is 0.0784. The average molecular weight is 338 g/mol. The van der Waals surface area contributed by atoms with Crippen molar-refractivity contribution in [2.45, 2.75) is 90.9 Å². The van der Waals surface area contributed by atoms with Gasteiger partial charge >= 0.3 is 0 Å². The molecule has 130 valence electrons. The number of hydrogen-bond acceptors (Lipinski definition) is 2. The van der Waals surface area contributed by atoms with Gasteiger partial charge in [-0.2, -0.15) is 0 Å². The summed E-state index contributed by atoms with van der Waals surface area (Å²) in [4.78, 5) is 16.3. The molecule has 0 aliphatic rings. The maximum absolute atomic E-state index is 12.1. The van der Waals surface area contributed by atoms with E-state index in [1.165, 1.54) is 57.8 Å². The Morgan fingerprint density at radius 3 is 2.04 bits per heavy atom. The number of Topliss-reactive ketones (excluding diaryl/α,β-unsaturated/α-hetero) is 1. The lowest BCUT2D eigenvalue weighted by atomic mass is 10.0. The number of ketones is 1. The zero-order valence-electron chi connectivity index (χ0n) is 14.9. The molecule has 23 heavy (non-hydrogen) atoms. The summed E-state index contributed by atoms with van der Waals surface area (Å²) in [5, 5.41) is 0.514. The minimum Gasteiger partial charge on any atom is -0.292 e. The average Bonchev–Trinajstić information content (AvgIpc) is 2.55. The Hall–Kier alpha value is -0.890. The Kier molecular flexibility index (Phi) is 11.0. The Morgan fingerprint density at radius 1 is 0.957 bits per heavy atom. The quantitative estimate of drug-likeness (QED) is 0.288. The smallest absolute Gasteiger partial charge is 0.182 e. The number of pyridine rings is 1. The summed E-state index contributed by atoms with van der Waals surface area (Å²) >= 11 is 6.15. The summed E-state index contributed by atoms with van der Waals surface area (Å²) in [6.45, 7) is 4.16. The molecular formula is C20H32ClNO. The number of aromatic nitrogens is 1. The van der Waals surface area contributed by atoms with Gasteiger partial charge < -0.3 is 0 Å². The van der Waals surface area contributed by atoms with Crippen molar-refractivity contribution in [3.63, 3.8) is 0 Å². The molecule has 0 N–H and O–H groups in total. The second kappa shape index (κ2) is 12.5. The van der Waals surface area contributed by atoms with E-state index in [-0.39, 0.29) is 5.78 Å². The zero-order valence-corrected chi connectivity index (χ0v) is 15.6. The number of carbonyl (C=O) groups excluding carboxylic acids is 1. The maximum Gasteiger partial charge on any atom is 0.182 e. The van der Waals surface area contributed by atoms with E-state index in [4.69, 9.17) is 11.6 Å². The van der Waals surface area contributed by atoms with Crippen molar-refractivity contribution in [2.75, 3.05) is 0 Å². The van der Waals surface area contributed by atoms with Gasteiger partial charge in [0, 0.05) is 12.6 Å². The topological polar surface area (TPSA) is 30.0 Å². The zero-order chi connectivity index (χ0) is 16.9. The molecule has 0 saturated carbocycles. The van der Waals surface area contributed by atoms with Crippen molar-refractivity contribution >= 4 is 17.4 Å². The van der Waals surface area contributed by atoms with Crippen LogP contribution in [0.5, 0.6) is 0 Å². The number of unbranched alkanes of at least 4 members (excludes halogenated alkanes) is 10. The summed E-state index contributed by atoms with van der Waals surface area (Å²) in [6.07, 6.45) is 16.4. The van der Waals surface area contributed by atoms with Gasteiger partial charge in [0.1, 0.15) is 5.69 Å². The van der Waals surface area contributed by atoms with Gasteiger partial charge in [0.05, 0.1) is 5.02 Å². The van der Waals surface area contributed by atoms with Crippen LogP contribution in [-0.4, -0.2) is 10.8 Å². The van der Waals surface area contributed by atoms with E-state index in [9.17, 15) is 4.79 Å². The molecule has 1 aromatic rings. The third kappa shape index (κ3) is 8.50. The van der Waals surface area contributed by atoms with Gasteiger partial charge in [0.25, 0.3) is 0 Å². The van der Waals surface area contributed by atoms with E-state index in [0.717, 1.165) is 18.4 Å². The molecule has 3 heteroatoms.